The maximum absolute atomic E-state index is 12.9. The van der Waals surface area contributed by atoms with Gasteiger partial charge < -0.3 is 4.90 Å². The molecule has 0 aromatic heterocycles. The third kappa shape index (κ3) is 3.24. The van der Waals surface area contributed by atoms with Crippen molar-refractivity contribution in [3.8, 4) is 0 Å². The Balaban J connectivity index is 2.03. The molecule has 0 fully saturated rings. The van der Waals surface area contributed by atoms with E-state index in [0.717, 1.165) is 11.1 Å². The first-order chi connectivity index (χ1) is 12.1. The lowest BCUT2D eigenvalue weighted by Gasteiger charge is -2.21. The molecule has 25 heavy (non-hydrogen) atoms. The van der Waals surface area contributed by atoms with Crippen molar-refractivity contribution in [3.05, 3.63) is 90.1 Å². The van der Waals surface area contributed by atoms with Crippen molar-refractivity contribution in [2.24, 2.45) is 0 Å². The van der Waals surface area contributed by atoms with Crippen LogP contribution in [0.25, 0.3) is 5.57 Å². The Kier molecular flexibility index (Phi) is 4.80. The van der Waals surface area contributed by atoms with Crippen LogP contribution in [0.5, 0.6) is 0 Å². The van der Waals surface area contributed by atoms with Crippen LogP contribution >= 0.6 is 0 Å². The normalized spacial score (nSPS) is 14.2. The number of carbonyl (C=O) groups excluding carboxylic acids is 2. The van der Waals surface area contributed by atoms with Crippen molar-refractivity contribution in [1.29, 1.82) is 0 Å². The van der Waals surface area contributed by atoms with Crippen LogP contribution < -0.4 is 0 Å². The van der Waals surface area contributed by atoms with Crippen LogP contribution in [0.3, 0.4) is 0 Å². The molecule has 126 valence electrons. The summed E-state index contributed by atoms with van der Waals surface area (Å²) in [5.74, 6) is -0.548. The van der Waals surface area contributed by atoms with Crippen molar-refractivity contribution < 1.29 is 9.59 Å². The van der Waals surface area contributed by atoms with E-state index < -0.39 is 0 Å². The largest absolute Gasteiger partial charge is 0.365 e. The second kappa shape index (κ2) is 7.18. The monoisotopic (exact) mass is 332 g/mol. The summed E-state index contributed by atoms with van der Waals surface area (Å²) in [6, 6.07) is 19.2. The molecule has 0 unspecified atom stereocenters. The molecule has 0 aliphatic carbocycles. The van der Waals surface area contributed by atoms with E-state index in [1.54, 1.807) is 6.08 Å². The van der Waals surface area contributed by atoms with Crippen molar-refractivity contribution in [1.82, 2.24) is 9.80 Å². The minimum absolute atomic E-state index is 0.205. The summed E-state index contributed by atoms with van der Waals surface area (Å²) in [5, 5.41) is 0. The molecular formula is C21H20N2O2. The van der Waals surface area contributed by atoms with Gasteiger partial charge in [-0.1, -0.05) is 66.7 Å². The first kappa shape index (κ1) is 16.7. The Bertz CT molecular complexity index is 825. The van der Waals surface area contributed by atoms with E-state index in [0.29, 0.717) is 17.8 Å². The van der Waals surface area contributed by atoms with Crippen molar-refractivity contribution in [2.45, 2.75) is 6.54 Å². The molecule has 0 saturated carbocycles. The number of hydrogen-bond donors (Lipinski definition) is 0. The van der Waals surface area contributed by atoms with Gasteiger partial charge in [-0.25, -0.2) is 0 Å². The van der Waals surface area contributed by atoms with Gasteiger partial charge in [0.1, 0.15) is 5.70 Å². The Hall–Kier alpha value is -3.14. The molecule has 0 bridgehead atoms. The highest BCUT2D eigenvalue weighted by Gasteiger charge is 2.40. The standard InChI is InChI=1S/C21H20N2O2/c1-3-14-23-20(24)18(17-12-8-5-9-13-17)19(21(23)25)22(2)15-16-10-6-4-7-11-16/h3-13H,1,14-15H2,2H3. The molecule has 4 heteroatoms. The molecule has 3 rings (SSSR count). The molecule has 0 radical (unpaired) electrons. The Morgan fingerprint density at radius 1 is 0.960 bits per heavy atom. The molecule has 2 aromatic carbocycles. The van der Waals surface area contributed by atoms with E-state index in [9.17, 15) is 9.59 Å². The zero-order valence-electron chi connectivity index (χ0n) is 14.2. The van der Waals surface area contributed by atoms with Gasteiger partial charge >= 0.3 is 0 Å². The van der Waals surface area contributed by atoms with Crippen LogP contribution in [0.1, 0.15) is 11.1 Å². The highest BCUT2D eigenvalue weighted by atomic mass is 16.2. The van der Waals surface area contributed by atoms with Crippen LogP contribution in [0.4, 0.5) is 0 Å². The summed E-state index contributed by atoms with van der Waals surface area (Å²) in [7, 11) is 1.84. The van der Waals surface area contributed by atoms with Gasteiger partial charge in [0, 0.05) is 20.1 Å². The summed E-state index contributed by atoms with van der Waals surface area (Å²) in [5.41, 5.74) is 2.71. The van der Waals surface area contributed by atoms with Gasteiger partial charge in [0.15, 0.2) is 0 Å². The second-order valence-corrected chi connectivity index (χ2v) is 5.94. The van der Waals surface area contributed by atoms with Crippen LogP contribution in [0, 0.1) is 0 Å². The number of hydrogen-bond acceptors (Lipinski definition) is 3. The van der Waals surface area contributed by atoms with Crippen molar-refractivity contribution in [3.63, 3.8) is 0 Å². The zero-order valence-corrected chi connectivity index (χ0v) is 14.2. The van der Waals surface area contributed by atoms with Gasteiger partial charge in [0.05, 0.1) is 5.57 Å². The number of rotatable bonds is 6. The quantitative estimate of drug-likeness (QED) is 0.603. The number of nitrogens with zero attached hydrogens (tertiary/aromatic N) is 2. The van der Waals surface area contributed by atoms with E-state index in [2.05, 4.69) is 6.58 Å². The maximum Gasteiger partial charge on any atom is 0.278 e. The molecular weight excluding hydrogens is 312 g/mol. The fourth-order valence-corrected chi connectivity index (χ4v) is 3.01. The summed E-state index contributed by atoms with van der Waals surface area (Å²) in [6.07, 6.45) is 1.57. The maximum atomic E-state index is 12.9. The fraction of sp³-hybridized carbons (Fsp3) is 0.143. The third-order valence-electron chi connectivity index (χ3n) is 4.16. The predicted octanol–water partition coefficient (Wildman–Crippen LogP) is 3.08. The van der Waals surface area contributed by atoms with Gasteiger partial charge in [-0.3, -0.25) is 14.5 Å². The van der Waals surface area contributed by atoms with E-state index in [-0.39, 0.29) is 18.4 Å². The Morgan fingerprint density at radius 3 is 2.16 bits per heavy atom. The van der Waals surface area contributed by atoms with Crippen molar-refractivity contribution >= 4 is 17.4 Å². The van der Waals surface area contributed by atoms with E-state index in [1.807, 2.05) is 72.6 Å². The highest BCUT2D eigenvalue weighted by molar-refractivity contribution is 6.35. The highest BCUT2D eigenvalue weighted by Crippen LogP contribution is 2.31. The molecule has 0 N–H and O–H groups in total. The zero-order chi connectivity index (χ0) is 17.8. The van der Waals surface area contributed by atoms with Crippen LogP contribution in [-0.2, 0) is 16.1 Å². The summed E-state index contributed by atoms with van der Waals surface area (Å²) in [4.78, 5) is 28.8. The number of benzene rings is 2. The third-order valence-corrected chi connectivity index (χ3v) is 4.16. The van der Waals surface area contributed by atoms with Gasteiger partial charge in [-0.15, -0.1) is 6.58 Å². The van der Waals surface area contributed by atoms with Gasteiger partial charge in [0.25, 0.3) is 11.8 Å². The van der Waals surface area contributed by atoms with Crippen LogP contribution in [-0.4, -0.2) is 35.2 Å². The van der Waals surface area contributed by atoms with E-state index >= 15 is 0 Å². The molecule has 1 aliphatic rings. The molecule has 1 aliphatic heterocycles. The molecule has 0 saturated heterocycles. The number of amides is 2. The topological polar surface area (TPSA) is 40.6 Å². The minimum atomic E-state index is -0.276. The summed E-state index contributed by atoms with van der Waals surface area (Å²) in [6.45, 7) is 4.40. The molecule has 0 spiro atoms. The van der Waals surface area contributed by atoms with Gasteiger partial charge in [-0.05, 0) is 11.1 Å². The molecule has 2 amide bonds. The van der Waals surface area contributed by atoms with Crippen LogP contribution in [0.15, 0.2) is 79.0 Å². The first-order valence-corrected chi connectivity index (χ1v) is 8.15. The lowest BCUT2D eigenvalue weighted by molar-refractivity contribution is -0.136. The second-order valence-electron chi connectivity index (χ2n) is 5.94. The van der Waals surface area contributed by atoms with Gasteiger partial charge in [0.2, 0.25) is 0 Å². The number of imide groups is 1. The Labute approximate surface area is 147 Å². The first-order valence-electron chi connectivity index (χ1n) is 8.15. The lowest BCUT2D eigenvalue weighted by Crippen LogP contribution is -2.34. The van der Waals surface area contributed by atoms with Crippen molar-refractivity contribution in [2.75, 3.05) is 13.6 Å². The SMILES string of the molecule is C=CCN1C(=O)C(c2ccccc2)=C(N(C)Cc2ccccc2)C1=O. The molecule has 0 atom stereocenters. The number of likely N-dealkylation sites (N-methyl/N-ethyl adjacent to an activating group) is 1. The fourth-order valence-electron chi connectivity index (χ4n) is 3.01. The Morgan fingerprint density at radius 2 is 1.56 bits per heavy atom. The lowest BCUT2D eigenvalue weighted by atomic mass is 10.0. The molecule has 1 heterocycles. The average Bonchev–Trinajstić information content (AvgIpc) is 2.88. The average molecular weight is 332 g/mol. The van der Waals surface area contributed by atoms with Gasteiger partial charge in [-0.2, -0.15) is 0 Å². The number of carbonyl (C=O) groups is 2. The van der Waals surface area contributed by atoms with E-state index in [1.165, 1.54) is 4.90 Å². The van der Waals surface area contributed by atoms with E-state index in [4.69, 9.17) is 0 Å². The summed E-state index contributed by atoms with van der Waals surface area (Å²) < 4.78 is 0. The molecule has 4 nitrogen and oxygen atoms in total. The molecule has 2 aromatic rings. The van der Waals surface area contributed by atoms with Crippen LogP contribution in [0.2, 0.25) is 0 Å². The predicted molar refractivity (Wildman–Crippen MR) is 98.2 cm³/mol. The summed E-state index contributed by atoms with van der Waals surface area (Å²) >= 11 is 0. The minimum Gasteiger partial charge on any atom is -0.365 e. The smallest absolute Gasteiger partial charge is 0.278 e.